The molecule has 3 saturated carbocycles. The highest BCUT2D eigenvalue weighted by Crippen LogP contribution is 2.49. The van der Waals surface area contributed by atoms with Gasteiger partial charge in [0.15, 0.2) is 0 Å². The molecule has 0 aliphatic heterocycles. The summed E-state index contributed by atoms with van der Waals surface area (Å²) in [5.41, 5.74) is 0.647. The van der Waals surface area contributed by atoms with E-state index in [0.717, 1.165) is 18.8 Å². The molecule has 0 radical (unpaired) electrons. The SMILES string of the molecule is C[C@@H]1C[C@@H]1C(=O)Nc1ccc(S(=O)(=O)N[C@H](C)[C@@H]2C[C@H]3CC[C@H]2C3)cc1. The molecule has 26 heavy (non-hydrogen) atoms. The van der Waals surface area contributed by atoms with Gasteiger partial charge in [-0.05, 0) is 80.5 Å². The minimum absolute atomic E-state index is 0.0242. The van der Waals surface area contributed by atoms with Crippen LogP contribution in [0.25, 0.3) is 0 Å². The predicted molar refractivity (Wildman–Crippen MR) is 101 cm³/mol. The van der Waals surface area contributed by atoms with Gasteiger partial charge in [0, 0.05) is 17.6 Å². The molecule has 0 saturated heterocycles. The molecule has 1 aromatic rings. The lowest BCUT2D eigenvalue weighted by atomic mass is 9.84. The molecule has 4 rings (SSSR count). The fraction of sp³-hybridized carbons (Fsp3) is 0.650. The van der Waals surface area contributed by atoms with Crippen molar-refractivity contribution in [3.63, 3.8) is 0 Å². The van der Waals surface area contributed by atoms with Crippen LogP contribution in [-0.2, 0) is 14.8 Å². The molecule has 0 unspecified atom stereocenters. The van der Waals surface area contributed by atoms with Crippen LogP contribution < -0.4 is 10.0 Å². The Bertz CT molecular complexity index is 790. The first-order valence-corrected chi connectivity index (χ1v) is 11.2. The van der Waals surface area contributed by atoms with Gasteiger partial charge < -0.3 is 5.32 Å². The average Bonchev–Trinajstić information content (AvgIpc) is 3.01. The molecule has 0 aromatic heterocycles. The molecule has 142 valence electrons. The van der Waals surface area contributed by atoms with E-state index in [0.29, 0.717) is 23.4 Å². The van der Waals surface area contributed by atoms with Crippen LogP contribution in [0.2, 0.25) is 0 Å². The molecule has 0 heterocycles. The van der Waals surface area contributed by atoms with Crippen molar-refractivity contribution in [3.05, 3.63) is 24.3 Å². The Hall–Kier alpha value is -1.40. The van der Waals surface area contributed by atoms with Crippen LogP contribution in [0.3, 0.4) is 0 Å². The van der Waals surface area contributed by atoms with E-state index in [1.54, 1.807) is 24.3 Å². The van der Waals surface area contributed by atoms with Crippen molar-refractivity contribution in [2.75, 3.05) is 5.32 Å². The summed E-state index contributed by atoms with van der Waals surface area (Å²) in [6, 6.07) is 6.44. The zero-order chi connectivity index (χ0) is 18.5. The van der Waals surface area contributed by atoms with Gasteiger partial charge in [0.05, 0.1) is 4.90 Å². The molecule has 1 amide bonds. The molecular weight excluding hydrogens is 348 g/mol. The standard InChI is InChI=1S/C20H28N2O3S/c1-12-9-18(12)20(23)21-16-5-7-17(8-6-16)26(24,25)22-13(2)19-11-14-3-4-15(19)10-14/h5-8,12-15,18-19,22H,3-4,9-11H2,1-2H3,(H,21,23)/t12-,13-,14+,15+,18+,19+/m1/s1. The predicted octanol–water partition coefficient (Wildman–Crippen LogP) is 3.38. The zero-order valence-electron chi connectivity index (χ0n) is 15.4. The van der Waals surface area contributed by atoms with Crippen LogP contribution in [0, 0.1) is 29.6 Å². The third-order valence-corrected chi connectivity index (χ3v) is 8.23. The maximum absolute atomic E-state index is 12.7. The second-order valence-corrected chi connectivity index (χ2v) is 10.3. The minimum Gasteiger partial charge on any atom is -0.326 e. The lowest BCUT2D eigenvalue weighted by Gasteiger charge is -2.28. The number of fused-ring (bicyclic) bond motifs is 2. The highest BCUT2D eigenvalue weighted by Gasteiger charge is 2.42. The Morgan fingerprint density at radius 2 is 1.81 bits per heavy atom. The summed E-state index contributed by atoms with van der Waals surface area (Å²) in [6.07, 6.45) is 5.91. The molecule has 3 aliphatic carbocycles. The van der Waals surface area contributed by atoms with Gasteiger partial charge in [0.1, 0.15) is 0 Å². The van der Waals surface area contributed by atoms with Crippen molar-refractivity contribution in [2.24, 2.45) is 29.6 Å². The summed E-state index contributed by atoms with van der Waals surface area (Å²) >= 11 is 0. The highest BCUT2D eigenvalue weighted by atomic mass is 32.2. The fourth-order valence-electron chi connectivity index (χ4n) is 4.95. The first-order valence-electron chi connectivity index (χ1n) is 9.77. The second kappa shape index (κ2) is 6.64. The Labute approximate surface area is 156 Å². The first-order chi connectivity index (χ1) is 12.3. The van der Waals surface area contributed by atoms with Crippen molar-refractivity contribution in [1.29, 1.82) is 0 Å². The van der Waals surface area contributed by atoms with Crippen LogP contribution in [0.5, 0.6) is 0 Å². The summed E-state index contributed by atoms with van der Waals surface area (Å²) in [7, 11) is -3.53. The summed E-state index contributed by atoms with van der Waals surface area (Å²) in [5, 5.41) is 2.86. The molecule has 6 heteroatoms. The van der Waals surface area contributed by atoms with E-state index in [4.69, 9.17) is 0 Å². The van der Waals surface area contributed by atoms with E-state index in [-0.39, 0.29) is 22.8 Å². The number of hydrogen-bond acceptors (Lipinski definition) is 3. The van der Waals surface area contributed by atoms with E-state index in [1.807, 2.05) is 6.92 Å². The van der Waals surface area contributed by atoms with Crippen molar-refractivity contribution in [2.45, 2.75) is 56.9 Å². The lowest BCUT2D eigenvalue weighted by Crippen LogP contribution is -2.40. The first kappa shape index (κ1) is 18.0. The van der Waals surface area contributed by atoms with Gasteiger partial charge in [0.2, 0.25) is 15.9 Å². The van der Waals surface area contributed by atoms with Crippen LogP contribution in [0.15, 0.2) is 29.2 Å². The number of hydrogen-bond donors (Lipinski definition) is 2. The van der Waals surface area contributed by atoms with Gasteiger partial charge in [0.25, 0.3) is 0 Å². The number of carbonyl (C=O) groups excluding carboxylic acids is 1. The van der Waals surface area contributed by atoms with E-state index in [1.165, 1.54) is 19.3 Å². The number of anilines is 1. The number of rotatable bonds is 6. The molecule has 3 aliphatic rings. The third-order valence-electron chi connectivity index (χ3n) is 6.65. The molecule has 6 atom stereocenters. The van der Waals surface area contributed by atoms with E-state index in [2.05, 4.69) is 17.0 Å². The number of sulfonamides is 1. The Balaban J connectivity index is 1.38. The van der Waals surface area contributed by atoms with Crippen LogP contribution in [0.4, 0.5) is 5.69 Å². The Morgan fingerprint density at radius 1 is 1.12 bits per heavy atom. The minimum atomic E-state index is -3.53. The summed E-state index contributed by atoms with van der Waals surface area (Å²) in [5.74, 6) is 2.52. The monoisotopic (exact) mass is 376 g/mol. The quantitative estimate of drug-likeness (QED) is 0.799. The highest BCUT2D eigenvalue weighted by molar-refractivity contribution is 7.89. The maximum Gasteiger partial charge on any atom is 0.240 e. The fourth-order valence-corrected chi connectivity index (χ4v) is 6.24. The zero-order valence-corrected chi connectivity index (χ0v) is 16.3. The maximum atomic E-state index is 12.7. The molecule has 2 N–H and O–H groups in total. The summed E-state index contributed by atoms with van der Waals surface area (Å²) in [4.78, 5) is 12.2. The van der Waals surface area contributed by atoms with Gasteiger partial charge in [-0.25, -0.2) is 13.1 Å². The smallest absolute Gasteiger partial charge is 0.240 e. The normalized spacial score (nSPS) is 33.8. The van der Waals surface area contributed by atoms with Crippen LogP contribution in [0.1, 0.15) is 46.0 Å². The van der Waals surface area contributed by atoms with E-state index >= 15 is 0 Å². The Kier molecular flexibility index (Phi) is 4.59. The molecule has 1 aromatic carbocycles. The summed E-state index contributed by atoms with van der Waals surface area (Å²) < 4.78 is 28.3. The van der Waals surface area contributed by atoms with Gasteiger partial charge in [-0.15, -0.1) is 0 Å². The summed E-state index contributed by atoms with van der Waals surface area (Å²) in [6.45, 7) is 4.05. The largest absolute Gasteiger partial charge is 0.326 e. The van der Waals surface area contributed by atoms with Gasteiger partial charge in [-0.2, -0.15) is 0 Å². The molecular formula is C20H28N2O3S. The van der Waals surface area contributed by atoms with Crippen molar-refractivity contribution < 1.29 is 13.2 Å². The third kappa shape index (κ3) is 3.54. The van der Waals surface area contributed by atoms with Crippen LogP contribution >= 0.6 is 0 Å². The van der Waals surface area contributed by atoms with Gasteiger partial charge in [-0.3, -0.25) is 4.79 Å². The van der Waals surface area contributed by atoms with Gasteiger partial charge >= 0.3 is 0 Å². The average molecular weight is 377 g/mol. The topological polar surface area (TPSA) is 75.3 Å². The number of amides is 1. The van der Waals surface area contributed by atoms with Crippen molar-refractivity contribution >= 4 is 21.6 Å². The second-order valence-electron chi connectivity index (χ2n) is 8.58. The molecule has 3 fully saturated rings. The lowest BCUT2D eigenvalue weighted by molar-refractivity contribution is -0.117. The van der Waals surface area contributed by atoms with E-state index < -0.39 is 10.0 Å². The van der Waals surface area contributed by atoms with Gasteiger partial charge in [-0.1, -0.05) is 13.3 Å². The van der Waals surface area contributed by atoms with Crippen molar-refractivity contribution in [1.82, 2.24) is 4.72 Å². The van der Waals surface area contributed by atoms with Crippen LogP contribution in [-0.4, -0.2) is 20.4 Å². The van der Waals surface area contributed by atoms with E-state index in [9.17, 15) is 13.2 Å². The van der Waals surface area contributed by atoms with Crippen molar-refractivity contribution in [3.8, 4) is 0 Å². The number of carbonyl (C=O) groups is 1. The molecule has 2 bridgehead atoms. The Morgan fingerprint density at radius 3 is 2.35 bits per heavy atom. The molecule has 0 spiro atoms. The number of benzene rings is 1. The molecule has 5 nitrogen and oxygen atoms in total. The number of nitrogens with one attached hydrogen (secondary N) is 2.